The van der Waals surface area contributed by atoms with Crippen LogP contribution in [0.1, 0.15) is 18.7 Å². The maximum atomic E-state index is 6.05. The van der Waals surface area contributed by atoms with Gasteiger partial charge >= 0.3 is 0 Å². The lowest BCUT2D eigenvalue weighted by molar-refractivity contribution is 0.127. The average Bonchev–Trinajstić information content (AvgIpc) is 2.46. The molecule has 0 bridgehead atoms. The van der Waals surface area contributed by atoms with E-state index in [1.165, 1.54) is 11.5 Å². The van der Waals surface area contributed by atoms with E-state index in [1.54, 1.807) is 6.20 Å². The third-order valence-corrected chi connectivity index (χ3v) is 4.24. The van der Waals surface area contributed by atoms with Gasteiger partial charge in [-0.05, 0) is 19.8 Å². The van der Waals surface area contributed by atoms with E-state index in [0.29, 0.717) is 5.88 Å². The summed E-state index contributed by atoms with van der Waals surface area (Å²) in [5.41, 5.74) is 0. The summed E-state index contributed by atoms with van der Waals surface area (Å²) in [7, 11) is 0. The molecule has 2 heterocycles. The molecule has 2 rings (SSSR count). The molecular formula is C15H23N3OS. The van der Waals surface area contributed by atoms with Gasteiger partial charge < -0.3 is 4.74 Å². The zero-order valence-corrected chi connectivity index (χ0v) is 12.9. The highest BCUT2D eigenvalue weighted by Crippen LogP contribution is 2.15. The minimum Gasteiger partial charge on any atom is -0.473 e. The Hall–Kier alpha value is -1.07. The number of rotatable bonds is 7. The van der Waals surface area contributed by atoms with E-state index >= 15 is 0 Å². The second-order valence-corrected chi connectivity index (χ2v) is 6.19. The van der Waals surface area contributed by atoms with Crippen LogP contribution in [0.25, 0.3) is 0 Å². The third kappa shape index (κ3) is 5.13. The van der Waals surface area contributed by atoms with E-state index < -0.39 is 0 Å². The topological polar surface area (TPSA) is 38.2 Å². The summed E-state index contributed by atoms with van der Waals surface area (Å²) < 4.78 is 6.05. The van der Waals surface area contributed by atoms with Gasteiger partial charge in [0, 0.05) is 43.4 Å². The minimum absolute atomic E-state index is 0.172. The van der Waals surface area contributed by atoms with Crippen molar-refractivity contribution in [2.45, 2.75) is 25.9 Å². The van der Waals surface area contributed by atoms with E-state index in [2.05, 4.69) is 21.4 Å². The lowest BCUT2D eigenvalue weighted by Gasteiger charge is -2.30. The number of ether oxygens (including phenoxy) is 1. The molecule has 5 heteroatoms. The van der Waals surface area contributed by atoms with Crippen LogP contribution in [0.5, 0.6) is 5.88 Å². The van der Waals surface area contributed by atoms with Crippen LogP contribution in [0.2, 0.25) is 0 Å². The van der Waals surface area contributed by atoms with Crippen LogP contribution >= 0.6 is 11.8 Å². The van der Waals surface area contributed by atoms with Gasteiger partial charge in [-0.15, -0.1) is 6.58 Å². The molecule has 0 aliphatic carbocycles. The highest BCUT2D eigenvalue weighted by Gasteiger charge is 2.18. The minimum atomic E-state index is 0.172. The average molecular weight is 293 g/mol. The first-order valence-corrected chi connectivity index (χ1v) is 8.30. The van der Waals surface area contributed by atoms with Crippen molar-refractivity contribution >= 4 is 11.8 Å². The molecular weight excluding hydrogens is 270 g/mol. The van der Waals surface area contributed by atoms with Crippen LogP contribution in [-0.2, 0) is 0 Å². The van der Waals surface area contributed by atoms with Crippen LogP contribution in [0, 0.1) is 6.92 Å². The fourth-order valence-corrected chi connectivity index (χ4v) is 3.21. The van der Waals surface area contributed by atoms with E-state index in [9.17, 15) is 0 Å². The quantitative estimate of drug-likeness (QED) is 0.722. The first-order valence-electron chi connectivity index (χ1n) is 7.15. The van der Waals surface area contributed by atoms with Crippen molar-refractivity contribution < 1.29 is 4.74 Å². The molecule has 110 valence electrons. The molecule has 1 fully saturated rings. The molecule has 0 spiro atoms. The largest absolute Gasteiger partial charge is 0.473 e. The van der Waals surface area contributed by atoms with Crippen molar-refractivity contribution in [3.05, 3.63) is 30.7 Å². The standard InChI is InChI=1S/C15H23N3OS/c1-3-4-5-14(12-18-8-10-20-11-9-18)19-15-6-7-16-13(2)17-15/h3,6-7,14H,1,4-5,8-12H2,2H3/t14-/m1/s1. The fourth-order valence-electron chi connectivity index (χ4n) is 2.23. The first kappa shape index (κ1) is 15.3. The molecule has 0 N–H and O–H groups in total. The number of aromatic nitrogens is 2. The second-order valence-electron chi connectivity index (χ2n) is 4.96. The molecule has 1 atom stereocenters. The molecule has 0 amide bonds. The molecule has 4 nitrogen and oxygen atoms in total. The van der Waals surface area contributed by atoms with E-state index in [4.69, 9.17) is 4.74 Å². The SMILES string of the molecule is C=CCC[C@H](CN1CCSCC1)Oc1ccnc(C)n1. The molecule has 1 aromatic rings. The predicted molar refractivity (Wildman–Crippen MR) is 84.4 cm³/mol. The number of allylic oxidation sites excluding steroid dienone is 1. The van der Waals surface area contributed by atoms with Gasteiger partial charge in [0.1, 0.15) is 11.9 Å². The Labute approximate surface area is 125 Å². The fraction of sp³-hybridized carbons (Fsp3) is 0.600. The first-order chi connectivity index (χ1) is 9.78. The number of thioether (sulfide) groups is 1. The summed E-state index contributed by atoms with van der Waals surface area (Å²) in [6.45, 7) is 8.96. The van der Waals surface area contributed by atoms with Crippen molar-refractivity contribution in [1.82, 2.24) is 14.9 Å². The van der Waals surface area contributed by atoms with Crippen molar-refractivity contribution in [1.29, 1.82) is 0 Å². The summed E-state index contributed by atoms with van der Waals surface area (Å²) in [6.07, 6.45) is 5.83. The predicted octanol–water partition coefficient (Wildman–Crippen LogP) is 2.55. The van der Waals surface area contributed by atoms with Gasteiger partial charge in [0.25, 0.3) is 0 Å². The number of aryl methyl sites for hydroxylation is 1. The Kier molecular flexibility index (Phi) is 6.33. The Morgan fingerprint density at radius 2 is 2.30 bits per heavy atom. The van der Waals surface area contributed by atoms with Crippen LogP contribution in [0.15, 0.2) is 24.9 Å². The van der Waals surface area contributed by atoms with Gasteiger partial charge in [0.2, 0.25) is 5.88 Å². The van der Waals surface area contributed by atoms with Crippen molar-refractivity contribution in [3.8, 4) is 5.88 Å². The molecule has 1 aromatic heterocycles. The monoisotopic (exact) mass is 293 g/mol. The molecule has 1 aliphatic rings. The Balaban J connectivity index is 1.93. The Morgan fingerprint density at radius 3 is 3.00 bits per heavy atom. The van der Waals surface area contributed by atoms with E-state index in [1.807, 2.05) is 30.8 Å². The molecule has 0 aromatic carbocycles. The van der Waals surface area contributed by atoms with Gasteiger partial charge in [0.05, 0.1) is 0 Å². The molecule has 1 aliphatic heterocycles. The van der Waals surface area contributed by atoms with Crippen LogP contribution in [0.3, 0.4) is 0 Å². The summed E-state index contributed by atoms with van der Waals surface area (Å²) in [5, 5.41) is 0. The van der Waals surface area contributed by atoms with Crippen LogP contribution in [0.4, 0.5) is 0 Å². The number of nitrogens with zero attached hydrogens (tertiary/aromatic N) is 3. The molecule has 1 saturated heterocycles. The Bertz CT molecular complexity index is 421. The maximum Gasteiger partial charge on any atom is 0.216 e. The molecule has 0 unspecified atom stereocenters. The summed E-state index contributed by atoms with van der Waals surface area (Å²) in [4.78, 5) is 10.9. The number of hydrogen-bond donors (Lipinski definition) is 0. The van der Waals surface area contributed by atoms with E-state index in [0.717, 1.165) is 38.3 Å². The van der Waals surface area contributed by atoms with Gasteiger partial charge in [-0.2, -0.15) is 16.7 Å². The highest BCUT2D eigenvalue weighted by atomic mass is 32.2. The van der Waals surface area contributed by atoms with Crippen molar-refractivity contribution in [2.75, 3.05) is 31.1 Å². The van der Waals surface area contributed by atoms with Crippen LogP contribution < -0.4 is 4.74 Å². The number of hydrogen-bond acceptors (Lipinski definition) is 5. The normalized spacial score (nSPS) is 17.6. The van der Waals surface area contributed by atoms with E-state index in [-0.39, 0.29) is 6.10 Å². The van der Waals surface area contributed by atoms with Gasteiger partial charge in [-0.1, -0.05) is 6.08 Å². The zero-order chi connectivity index (χ0) is 14.2. The van der Waals surface area contributed by atoms with Crippen LogP contribution in [-0.4, -0.2) is 52.1 Å². The maximum absolute atomic E-state index is 6.05. The zero-order valence-electron chi connectivity index (χ0n) is 12.1. The lowest BCUT2D eigenvalue weighted by Crippen LogP contribution is -2.40. The molecule has 20 heavy (non-hydrogen) atoms. The van der Waals surface area contributed by atoms with Gasteiger partial charge in [-0.3, -0.25) is 4.90 Å². The van der Waals surface area contributed by atoms with Gasteiger partial charge in [-0.25, -0.2) is 4.98 Å². The molecule has 0 saturated carbocycles. The smallest absolute Gasteiger partial charge is 0.216 e. The lowest BCUT2D eigenvalue weighted by atomic mass is 10.2. The Morgan fingerprint density at radius 1 is 1.50 bits per heavy atom. The summed E-state index contributed by atoms with van der Waals surface area (Å²) >= 11 is 2.03. The molecule has 0 radical (unpaired) electrons. The summed E-state index contributed by atoms with van der Waals surface area (Å²) in [5.74, 6) is 3.87. The highest BCUT2D eigenvalue weighted by molar-refractivity contribution is 7.99. The van der Waals surface area contributed by atoms with Gasteiger partial charge in [0.15, 0.2) is 0 Å². The second kappa shape index (κ2) is 8.27. The van der Waals surface area contributed by atoms with Crippen molar-refractivity contribution in [2.24, 2.45) is 0 Å². The third-order valence-electron chi connectivity index (χ3n) is 3.30. The van der Waals surface area contributed by atoms with Crippen molar-refractivity contribution in [3.63, 3.8) is 0 Å². The summed E-state index contributed by atoms with van der Waals surface area (Å²) in [6, 6.07) is 1.83.